The maximum atomic E-state index is 12.4. The summed E-state index contributed by atoms with van der Waals surface area (Å²) in [5.74, 6) is -1.91. The monoisotopic (exact) mass is 490 g/mol. The van der Waals surface area contributed by atoms with E-state index in [1.54, 1.807) is 48.5 Å². The maximum Gasteiger partial charge on any atom is 0.343 e. The number of aromatic carboxylic acids is 1. The number of hydrogen-bond donors (Lipinski definition) is 2. The minimum atomic E-state index is -1.08. The molecule has 1 amide bonds. The summed E-state index contributed by atoms with van der Waals surface area (Å²) in [6.07, 6.45) is 1.39. The molecule has 0 bridgehead atoms. The quantitative estimate of drug-likeness (QED) is 0.219. The topological polar surface area (TPSA) is 116 Å². The van der Waals surface area contributed by atoms with Gasteiger partial charge in [0.2, 0.25) is 0 Å². The van der Waals surface area contributed by atoms with Crippen LogP contribution in [0, 0.1) is 11.3 Å². The lowest BCUT2D eigenvalue weighted by Gasteiger charge is -2.06. The number of carbonyl (C=O) groups is 3. The molecule has 0 aliphatic carbocycles. The van der Waals surface area contributed by atoms with Crippen molar-refractivity contribution in [3.8, 4) is 11.8 Å². The lowest BCUT2D eigenvalue weighted by Crippen LogP contribution is -2.13. The molecular weight excluding hydrogens is 476 g/mol. The molecule has 0 saturated carbocycles. The minimum Gasteiger partial charge on any atom is -0.478 e. The summed E-state index contributed by atoms with van der Waals surface area (Å²) in [5.41, 5.74) is 1.25. The first-order valence-electron chi connectivity index (χ1n) is 9.20. The third kappa shape index (κ3) is 5.90. The zero-order valence-electron chi connectivity index (χ0n) is 16.4. The van der Waals surface area contributed by atoms with Crippen LogP contribution in [-0.2, 0) is 4.79 Å². The highest BCUT2D eigenvalue weighted by Gasteiger charge is 2.11. The van der Waals surface area contributed by atoms with Crippen LogP contribution >= 0.6 is 15.9 Å². The molecule has 0 atom stereocenters. The van der Waals surface area contributed by atoms with E-state index in [4.69, 9.17) is 9.84 Å². The average molecular weight is 491 g/mol. The first kappa shape index (κ1) is 22.5. The summed E-state index contributed by atoms with van der Waals surface area (Å²) in [6.45, 7) is 0. The van der Waals surface area contributed by atoms with Crippen molar-refractivity contribution in [1.82, 2.24) is 0 Å². The molecular formula is C24H15BrN2O5. The van der Waals surface area contributed by atoms with Crippen LogP contribution < -0.4 is 10.1 Å². The highest BCUT2D eigenvalue weighted by molar-refractivity contribution is 9.10. The number of nitriles is 1. The normalized spacial score (nSPS) is 10.7. The number of hydrogen-bond acceptors (Lipinski definition) is 5. The fourth-order valence-electron chi connectivity index (χ4n) is 2.59. The van der Waals surface area contributed by atoms with Crippen molar-refractivity contribution in [2.45, 2.75) is 0 Å². The molecule has 0 fully saturated rings. The third-order valence-corrected chi connectivity index (χ3v) is 4.77. The number of halogens is 1. The van der Waals surface area contributed by atoms with Crippen LogP contribution in [-0.4, -0.2) is 23.0 Å². The van der Waals surface area contributed by atoms with Crippen LogP contribution in [0.25, 0.3) is 6.08 Å². The van der Waals surface area contributed by atoms with Gasteiger partial charge in [-0.3, -0.25) is 4.79 Å². The Hall–Kier alpha value is -4.22. The zero-order chi connectivity index (χ0) is 23.1. The molecule has 3 aromatic carbocycles. The van der Waals surface area contributed by atoms with Crippen LogP contribution in [0.1, 0.15) is 26.3 Å². The van der Waals surface area contributed by atoms with E-state index in [1.165, 1.54) is 30.3 Å². The standard InChI is InChI=1S/C24H15BrN2O5/c25-19-7-3-17(4-8-19)24(31)32-21-11-1-15(2-12-21)13-18(14-26)22(28)27-20-9-5-16(6-10-20)23(29)30/h1-13H,(H,27,28)(H,29,30)/b18-13+. The molecule has 32 heavy (non-hydrogen) atoms. The first-order valence-corrected chi connectivity index (χ1v) is 9.99. The van der Waals surface area contributed by atoms with Crippen LogP contribution in [0.15, 0.2) is 82.8 Å². The Balaban J connectivity index is 1.67. The van der Waals surface area contributed by atoms with Gasteiger partial charge in [0.25, 0.3) is 5.91 Å². The van der Waals surface area contributed by atoms with Gasteiger partial charge in [-0.05, 0) is 72.3 Å². The summed E-state index contributed by atoms with van der Waals surface area (Å²) in [6, 6.07) is 20.5. The lowest BCUT2D eigenvalue weighted by molar-refractivity contribution is -0.112. The molecule has 2 N–H and O–H groups in total. The fourth-order valence-corrected chi connectivity index (χ4v) is 2.86. The lowest BCUT2D eigenvalue weighted by atomic mass is 10.1. The van der Waals surface area contributed by atoms with Crippen molar-refractivity contribution in [3.05, 3.63) is 99.5 Å². The summed E-state index contributed by atoms with van der Waals surface area (Å²) in [4.78, 5) is 35.4. The highest BCUT2D eigenvalue weighted by atomic mass is 79.9. The molecule has 7 nitrogen and oxygen atoms in total. The number of carboxylic acids is 1. The Morgan fingerprint density at radius 3 is 2.06 bits per heavy atom. The van der Waals surface area contributed by atoms with E-state index in [1.807, 2.05) is 6.07 Å². The van der Waals surface area contributed by atoms with E-state index in [9.17, 15) is 19.6 Å². The Labute approximate surface area is 191 Å². The fraction of sp³-hybridized carbons (Fsp3) is 0. The third-order valence-electron chi connectivity index (χ3n) is 4.24. The Morgan fingerprint density at radius 2 is 1.50 bits per heavy atom. The van der Waals surface area contributed by atoms with Crippen LogP contribution in [0.3, 0.4) is 0 Å². The Kier molecular flexibility index (Phi) is 7.16. The summed E-state index contributed by atoms with van der Waals surface area (Å²) < 4.78 is 6.17. The van der Waals surface area contributed by atoms with E-state index >= 15 is 0 Å². The molecule has 0 aromatic heterocycles. The van der Waals surface area contributed by atoms with Crippen molar-refractivity contribution in [2.75, 3.05) is 5.32 Å². The van der Waals surface area contributed by atoms with Crippen LogP contribution in [0.2, 0.25) is 0 Å². The number of benzene rings is 3. The van der Waals surface area contributed by atoms with Gasteiger partial charge in [-0.15, -0.1) is 0 Å². The number of esters is 1. The van der Waals surface area contributed by atoms with Crippen LogP contribution in [0.4, 0.5) is 5.69 Å². The predicted octanol–water partition coefficient (Wildman–Crippen LogP) is 4.91. The van der Waals surface area contributed by atoms with Gasteiger partial charge in [-0.1, -0.05) is 28.1 Å². The summed E-state index contributed by atoms with van der Waals surface area (Å²) >= 11 is 3.30. The van der Waals surface area contributed by atoms with E-state index in [0.717, 1.165) is 4.47 Å². The molecule has 0 aliphatic rings. The molecule has 3 rings (SSSR count). The number of nitrogens with zero attached hydrogens (tertiary/aromatic N) is 1. The molecule has 0 heterocycles. The van der Waals surface area contributed by atoms with E-state index in [0.29, 0.717) is 22.6 Å². The number of nitrogens with one attached hydrogen (secondary N) is 1. The van der Waals surface area contributed by atoms with Crippen molar-refractivity contribution in [2.24, 2.45) is 0 Å². The second kappa shape index (κ2) is 10.2. The zero-order valence-corrected chi connectivity index (χ0v) is 18.0. The predicted molar refractivity (Wildman–Crippen MR) is 121 cm³/mol. The molecule has 0 unspecified atom stereocenters. The number of carbonyl (C=O) groups excluding carboxylic acids is 2. The molecule has 0 saturated heterocycles. The Bertz CT molecular complexity index is 1230. The SMILES string of the molecule is N#C/C(=C\c1ccc(OC(=O)c2ccc(Br)cc2)cc1)C(=O)Nc1ccc(C(=O)O)cc1. The second-order valence-electron chi connectivity index (χ2n) is 6.47. The number of rotatable bonds is 6. The highest BCUT2D eigenvalue weighted by Crippen LogP contribution is 2.18. The van der Waals surface area contributed by atoms with Crippen molar-refractivity contribution >= 4 is 45.5 Å². The second-order valence-corrected chi connectivity index (χ2v) is 7.39. The number of amides is 1. The molecule has 0 radical (unpaired) electrons. The van der Waals surface area contributed by atoms with Crippen molar-refractivity contribution < 1.29 is 24.2 Å². The van der Waals surface area contributed by atoms with Gasteiger partial charge in [-0.25, -0.2) is 9.59 Å². The number of ether oxygens (including phenoxy) is 1. The summed E-state index contributed by atoms with van der Waals surface area (Å²) in [5, 5.41) is 20.8. The average Bonchev–Trinajstić information content (AvgIpc) is 2.79. The van der Waals surface area contributed by atoms with Gasteiger partial charge in [-0.2, -0.15) is 5.26 Å². The van der Waals surface area contributed by atoms with E-state index in [-0.39, 0.29) is 11.1 Å². The van der Waals surface area contributed by atoms with Gasteiger partial charge in [0.15, 0.2) is 0 Å². The minimum absolute atomic E-state index is 0.0833. The summed E-state index contributed by atoms with van der Waals surface area (Å²) in [7, 11) is 0. The van der Waals surface area contributed by atoms with Gasteiger partial charge in [0, 0.05) is 10.2 Å². The van der Waals surface area contributed by atoms with Gasteiger partial charge >= 0.3 is 11.9 Å². The largest absolute Gasteiger partial charge is 0.478 e. The van der Waals surface area contributed by atoms with Crippen molar-refractivity contribution in [1.29, 1.82) is 5.26 Å². The van der Waals surface area contributed by atoms with Crippen LogP contribution in [0.5, 0.6) is 5.75 Å². The molecule has 0 aliphatic heterocycles. The number of carboxylic acid groups (broad SMARTS) is 1. The smallest absolute Gasteiger partial charge is 0.343 e. The first-order chi connectivity index (χ1) is 15.4. The maximum absolute atomic E-state index is 12.4. The van der Waals surface area contributed by atoms with Gasteiger partial charge < -0.3 is 15.2 Å². The molecule has 158 valence electrons. The molecule has 0 spiro atoms. The van der Waals surface area contributed by atoms with Crippen molar-refractivity contribution in [3.63, 3.8) is 0 Å². The molecule has 8 heteroatoms. The van der Waals surface area contributed by atoms with E-state index in [2.05, 4.69) is 21.2 Å². The number of anilines is 1. The molecule has 3 aromatic rings. The van der Waals surface area contributed by atoms with E-state index < -0.39 is 17.8 Å². The van der Waals surface area contributed by atoms with Gasteiger partial charge in [0.1, 0.15) is 17.4 Å². The van der Waals surface area contributed by atoms with Gasteiger partial charge in [0.05, 0.1) is 11.1 Å². The Morgan fingerprint density at radius 1 is 0.906 bits per heavy atom.